The number of carbonyl (C=O) groups is 1. The van der Waals surface area contributed by atoms with Crippen molar-refractivity contribution in [3.63, 3.8) is 0 Å². The van der Waals surface area contributed by atoms with Crippen molar-refractivity contribution in [2.24, 2.45) is 4.99 Å². The molecule has 6 nitrogen and oxygen atoms in total. The summed E-state index contributed by atoms with van der Waals surface area (Å²) in [4.78, 5) is 22.5. The molecule has 146 valence electrons. The van der Waals surface area contributed by atoms with Crippen LogP contribution in [0.1, 0.15) is 13.8 Å². The predicted octanol–water partition coefficient (Wildman–Crippen LogP) is 2.52. The number of piperazine rings is 1. The van der Waals surface area contributed by atoms with E-state index in [0.29, 0.717) is 0 Å². The van der Waals surface area contributed by atoms with Crippen LogP contribution in [0.2, 0.25) is 5.02 Å². The summed E-state index contributed by atoms with van der Waals surface area (Å²) in [5.41, 5.74) is 1.14. The number of carbonyl (C=O) groups excluding carboxylic acids is 1. The van der Waals surface area contributed by atoms with Gasteiger partial charge in [0.1, 0.15) is 6.54 Å². The predicted molar refractivity (Wildman–Crippen MR) is 120 cm³/mol. The van der Waals surface area contributed by atoms with E-state index < -0.39 is 0 Å². The molecule has 26 heavy (non-hydrogen) atoms. The Balaban J connectivity index is 0.00000338. The summed E-state index contributed by atoms with van der Waals surface area (Å²) < 4.78 is 0. The largest absolute Gasteiger partial charge is 0.368 e. The molecule has 0 atom stereocenters. The van der Waals surface area contributed by atoms with E-state index in [0.717, 1.165) is 42.8 Å². The lowest BCUT2D eigenvalue weighted by Gasteiger charge is -2.38. The number of hydrogen-bond donors (Lipinski definition) is 1. The Hall–Kier alpha value is -1.22. The van der Waals surface area contributed by atoms with Crippen LogP contribution in [0.15, 0.2) is 29.3 Å². The molecule has 0 bridgehead atoms. The molecule has 1 heterocycles. The fourth-order valence-electron chi connectivity index (χ4n) is 2.63. The third-order valence-corrected chi connectivity index (χ3v) is 4.27. The van der Waals surface area contributed by atoms with Gasteiger partial charge in [-0.2, -0.15) is 0 Å². The standard InChI is InChI=1S/C18H28ClN5O.HI/c1-14(2)21-18(20-13-17(25)22(3)4)24-10-8-23(9-11-24)16-7-5-6-15(19)12-16;/h5-7,12,14H,8-11,13H2,1-4H3,(H,20,21);1H. The molecule has 1 N–H and O–H groups in total. The summed E-state index contributed by atoms with van der Waals surface area (Å²) in [6.45, 7) is 7.79. The van der Waals surface area contributed by atoms with Crippen LogP contribution in [0.5, 0.6) is 0 Å². The molecule has 1 amide bonds. The number of aliphatic imine (C=N–C) groups is 1. The van der Waals surface area contributed by atoms with E-state index in [2.05, 4.69) is 40.0 Å². The van der Waals surface area contributed by atoms with Crippen LogP contribution in [0.3, 0.4) is 0 Å². The lowest BCUT2D eigenvalue weighted by molar-refractivity contribution is -0.127. The maximum absolute atomic E-state index is 11.8. The SMILES string of the molecule is CC(C)NC(=NCC(=O)N(C)C)N1CCN(c2cccc(Cl)c2)CC1.I. The molecule has 1 fully saturated rings. The molecule has 1 aliphatic rings. The molecule has 8 heteroatoms. The molecule has 0 unspecified atom stereocenters. The van der Waals surface area contributed by atoms with Crippen LogP contribution < -0.4 is 10.2 Å². The summed E-state index contributed by atoms with van der Waals surface area (Å²) in [5.74, 6) is 0.802. The molecule has 0 spiro atoms. The Morgan fingerprint density at radius 2 is 1.92 bits per heavy atom. The van der Waals surface area contributed by atoms with Gasteiger partial charge in [-0.05, 0) is 32.0 Å². The van der Waals surface area contributed by atoms with Crippen molar-refractivity contribution < 1.29 is 4.79 Å². The molecule has 1 aliphatic heterocycles. The number of guanidine groups is 1. The minimum atomic E-state index is 0. The van der Waals surface area contributed by atoms with E-state index >= 15 is 0 Å². The zero-order valence-electron chi connectivity index (χ0n) is 15.9. The molecular formula is C18H29ClIN5O. The molecule has 1 aromatic carbocycles. The van der Waals surface area contributed by atoms with Crippen LogP contribution in [0, 0.1) is 0 Å². The Labute approximate surface area is 178 Å². The van der Waals surface area contributed by atoms with Crippen molar-refractivity contribution in [2.45, 2.75) is 19.9 Å². The second kappa shape index (κ2) is 10.8. The van der Waals surface area contributed by atoms with E-state index in [-0.39, 0.29) is 42.5 Å². The summed E-state index contributed by atoms with van der Waals surface area (Å²) >= 11 is 6.09. The van der Waals surface area contributed by atoms with Crippen LogP contribution in [0.25, 0.3) is 0 Å². The van der Waals surface area contributed by atoms with Crippen LogP contribution >= 0.6 is 35.6 Å². The van der Waals surface area contributed by atoms with Gasteiger partial charge in [0, 0.05) is 57.0 Å². The average Bonchev–Trinajstić information content (AvgIpc) is 2.58. The Morgan fingerprint density at radius 1 is 1.27 bits per heavy atom. The molecule has 1 saturated heterocycles. The fourth-order valence-corrected chi connectivity index (χ4v) is 2.81. The Bertz CT molecular complexity index is 615. The third-order valence-electron chi connectivity index (χ3n) is 4.03. The van der Waals surface area contributed by atoms with Gasteiger partial charge in [-0.15, -0.1) is 24.0 Å². The van der Waals surface area contributed by atoms with Gasteiger partial charge in [-0.1, -0.05) is 17.7 Å². The third kappa shape index (κ3) is 6.83. The zero-order valence-corrected chi connectivity index (χ0v) is 19.0. The van der Waals surface area contributed by atoms with Gasteiger partial charge in [0.15, 0.2) is 5.96 Å². The number of benzene rings is 1. The number of nitrogens with one attached hydrogen (secondary N) is 1. The van der Waals surface area contributed by atoms with Crippen LogP contribution in [0.4, 0.5) is 5.69 Å². The number of hydrogen-bond acceptors (Lipinski definition) is 3. The average molecular weight is 494 g/mol. The summed E-state index contributed by atoms with van der Waals surface area (Å²) in [5, 5.41) is 4.13. The van der Waals surface area contributed by atoms with Crippen molar-refractivity contribution in [2.75, 3.05) is 51.7 Å². The summed E-state index contributed by atoms with van der Waals surface area (Å²) in [6, 6.07) is 8.21. The fraction of sp³-hybridized carbons (Fsp3) is 0.556. The molecule has 2 rings (SSSR count). The zero-order chi connectivity index (χ0) is 18.4. The highest BCUT2D eigenvalue weighted by Crippen LogP contribution is 2.20. The Morgan fingerprint density at radius 3 is 2.46 bits per heavy atom. The second-order valence-electron chi connectivity index (χ2n) is 6.68. The molecular weight excluding hydrogens is 465 g/mol. The Kier molecular flexibility index (Phi) is 9.49. The van der Waals surface area contributed by atoms with E-state index in [1.165, 1.54) is 0 Å². The van der Waals surface area contributed by atoms with Crippen molar-refractivity contribution >= 4 is 53.1 Å². The van der Waals surface area contributed by atoms with Crippen LogP contribution in [-0.4, -0.2) is 74.5 Å². The van der Waals surface area contributed by atoms with Gasteiger partial charge < -0.3 is 20.0 Å². The molecule has 0 saturated carbocycles. The highest BCUT2D eigenvalue weighted by atomic mass is 127. The molecule has 0 aliphatic carbocycles. The summed E-state index contributed by atoms with van der Waals surface area (Å²) in [6.07, 6.45) is 0. The molecule has 1 aromatic rings. The first kappa shape index (κ1) is 22.8. The van der Waals surface area contributed by atoms with Gasteiger partial charge >= 0.3 is 0 Å². The number of anilines is 1. The minimum absolute atomic E-state index is 0. The highest BCUT2D eigenvalue weighted by molar-refractivity contribution is 14.0. The number of halogens is 2. The van der Waals surface area contributed by atoms with Crippen molar-refractivity contribution in [3.05, 3.63) is 29.3 Å². The maximum atomic E-state index is 11.8. The monoisotopic (exact) mass is 493 g/mol. The van der Waals surface area contributed by atoms with E-state index in [1.54, 1.807) is 19.0 Å². The van der Waals surface area contributed by atoms with Crippen LogP contribution in [-0.2, 0) is 4.79 Å². The smallest absolute Gasteiger partial charge is 0.243 e. The van der Waals surface area contributed by atoms with Gasteiger partial charge in [0.2, 0.25) is 5.91 Å². The van der Waals surface area contributed by atoms with Crippen molar-refractivity contribution in [1.82, 2.24) is 15.1 Å². The highest BCUT2D eigenvalue weighted by Gasteiger charge is 2.21. The first-order chi connectivity index (χ1) is 11.9. The second-order valence-corrected chi connectivity index (χ2v) is 7.12. The van der Waals surface area contributed by atoms with E-state index in [1.807, 2.05) is 18.2 Å². The van der Waals surface area contributed by atoms with E-state index in [9.17, 15) is 4.79 Å². The lowest BCUT2D eigenvalue weighted by Crippen LogP contribution is -2.54. The normalized spacial score (nSPS) is 14.9. The van der Waals surface area contributed by atoms with Gasteiger partial charge in [-0.3, -0.25) is 4.79 Å². The lowest BCUT2D eigenvalue weighted by atomic mass is 10.2. The number of nitrogens with zero attached hydrogens (tertiary/aromatic N) is 4. The topological polar surface area (TPSA) is 51.2 Å². The van der Waals surface area contributed by atoms with Gasteiger partial charge in [0.05, 0.1) is 0 Å². The minimum Gasteiger partial charge on any atom is -0.368 e. The van der Waals surface area contributed by atoms with Gasteiger partial charge in [0.25, 0.3) is 0 Å². The molecule has 0 radical (unpaired) electrons. The van der Waals surface area contributed by atoms with Crippen molar-refractivity contribution in [1.29, 1.82) is 0 Å². The number of likely N-dealkylation sites (N-methyl/N-ethyl adjacent to an activating group) is 1. The first-order valence-electron chi connectivity index (χ1n) is 8.63. The van der Waals surface area contributed by atoms with Crippen molar-refractivity contribution in [3.8, 4) is 0 Å². The first-order valence-corrected chi connectivity index (χ1v) is 9.01. The quantitative estimate of drug-likeness (QED) is 0.398. The van der Waals surface area contributed by atoms with E-state index in [4.69, 9.17) is 11.6 Å². The number of rotatable bonds is 4. The van der Waals surface area contributed by atoms with Gasteiger partial charge in [-0.25, -0.2) is 4.99 Å². The maximum Gasteiger partial charge on any atom is 0.243 e. The summed E-state index contributed by atoms with van der Waals surface area (Å²) in [7, 11) is 3.49. The molecule has 0 aromatic heterocycles. The number of amides is 1.